The molecule has 1 N–H and O–H groups in total. The van der Waals surface area contributed by atoms with Crippen LogP contribution in [0.4, 0.5) is 5.69 Å². The van der Waals surface area contributed by atoms with Crippen molar-refractivity contribution < 1.29 is 9.59 Å². The van der Waals surface area contributed by atoms with E-state index in [0.29, 0.717) is 16.5 Å². The number of benzene rings is 2. The number of carbonyl (C=O) groups is 2. The second-order valence-electron chi connectivity index (χ2n) is 6.90. The number of likely N-dealkylation sites (N-methyl/N-ethyl adjacent to an activating group) is 1. The van der Waals surface area contributed by atoms with Gasteiger partial charge in [-0.1, -0.05) is 61.5 Å². The molecule has 0 aromatic heterocycles. The highest BCUT2D eigenvalue weighted by atomic mass is 35.5. The van der Waals surface area contributed by atoms with Gasteiger partial charge in [0, 0.05) is 23.0 Å². The van der Waals surface area contributed by atoms with E-state index in [2.05, 4.69) is 24.1 Å². The van der Waals surface area contributed by atoms with Gasteiger partial charge in [-0.3, -0.25) is 14.5 Å². The van der Waals surface area contributed by atoms with Gasteiger partial charge in [0.25, 0.3) is 5.91 Å². The lowest BCUT2D eigenvalue weighted by molar-refractivity contribution is -0.122. The summed E-state index contributed by atoms with van der Waals surface area (Å²) in [6, 6.07) is 15.0. The molecule has 1 aliphatic rings. The molecule has 7 heteroatoms. The van der Waals surface area contributed by atoms with Crippen molar-refractivity contribution >= 4 is 46.9 Å². The fourth-order valence-corrected chi connectivity index (χ4v) is 4.41. The second-order valence-corrected chi connectivity index (χ2v) is 8.42. The molecule has 0 spiro atoms. The summed E-state index contributed by atoms with van der Waals surface area (Å²) in [5.41, 5.74) is 1.65. The average Bonchev–Trinajstić information content (AvgIpc) is 2.75. The minimum atomic E-state index is -0.174. The molecule has 0 radical (unpaired) electrons. The maximum Gasteiger partial charge on any atom is 0.265 e. The summed E-state index contributed by atoms with van der Waals surface area (Å²) >= 11 is 7.38. The third-order valence-electron chi connectivity index (χ3n) is 4.95. The molecule has 5 nitrogen and oxygen atoms in total. The van der Waals surface area contributed by atoms with E-state index in [1.165, 1.54) is 11.8 Å². The van der Waals surface area contributed by atoms with Gasteiger partial charge >= 0.3 is 0 Å². The number of amides is 2. The largest absolute Gasteiger partial charge is 0.353 e. The first-order chi connectivity index (χ1) is 14.5. The second kappa shape index (κ2) is 10.7. The van der Waals surface area contributed by atoms with Crippen molar-refractivity contribution in [2.24, 2.45) is 0 Å². The molecular weight excluding hydrogens is 418 g/mol. The number of hydrogen-bond acceptors (Lipinski definition) is 4. The topological polar surface area (TPSA) is 52.7 Å². The Labute approximate surface area is 187 Å². The van der Waals surface area contributed by atoms with E-state index < -0.39 is 0 Å². The van der Waals surface area contributed by atoms with Gasteiger partial charge in [-0.05, 0) is 49.0 Å². The van der Waals surface area contributed by atoms with E-state index in [0.717, 1.165) is 35.8 Å². The normalized spacial score (nSPS) is 14.9. The van der Waals surface area contributed by atoms with E-state index in [9.17, 15) is 9.59 Å². The zero-order valence-corrected chi connectivity index (χ0v) is 18.8. The van der Waals surface area contributed by atoms with Crippen LogP contribution in [-0.2, 0) is 9.59 Å². The predicted octanol–water partition coefficient (Wildman–Crippen LogP) is 4.28. The monoisotopic (exact) mass is 443 g/mol. The molecule has 2 aromatic carbocycles. The van der Waals surface area contributed by atoms with Crippen LogP contribution in [0.25, 0.3) is 6.08 Å². The van der Waals surface area contributed by atoms with Crippen LogP contribution in [0.5, 0.6) is 0 Å². The molecular formula is C23H26ClN3O2S. The highest BCUT2D eigenvalue weighted by Crippen LogP contribution is 2.41. The quantitative estimate of drug-likeness (QED) is 0.619. The number of para-hydroxylation sites is 1. The molecule has 0 atom stereocenters. The van der Waals surface area contributed by atoms with Crippen molar-refractivity contribution in [3.8, 4) is 0 Å². The number of hydrogen-bond donors (Lipinski definition) is 1. The van der Waals surface area contributed by atoms with Gasteiger partial charge in [0.15, 0.2) is 0 Å². The Bertz CT molecular complexity index is 926. The SMILES string of the molecule is CCN(CC)CCNC(=O)CN1C(=O)/C(=C/c2ccc(Cl)cc2)Sc2ccccc21. The number of fused-ring (bicyclic) bond motifs is 1. The summed E-state index contributed by atoms with van der Waals surface area (Å²) in [6.45, 7) is 7.43. The Morgan fingerprint density at radius 2 is 1.83 bits per heavy atom. The van der Waals surface area contributed by atoms with Gasteiger partial charge in [-0.2, -0.15) is 0 Å². The standard InChI is InChI=1S/C23H26ClN3O2S/c1-3-26(4-2)14-13-25-22(28)16-27-19-7-5-6-8-20(19)30-21(23(27)29)15-17-9-11-18(24)12-10-17/h5-12,15H,3-4,13-14,16H2,1-2H3,(H,25,28)/b21-15-. The summed E-state index contributed by atoms with van der Waals surface area (Å²) in [6.07, 6.45) is 1.84. The van der Waals surface area contributed by atoms with Gasteiger partial charge in [-0.25, -0.2) is 0 Å². The minimum absolute atomic E-state index is 0.00733. The Morgan fingerprint density at radius 3 is 2.53 bits per heavy atom. The van der Waals surface area contributed by atoms with E-state index >= 15 is 0 Å². The summed E-state index contributed by atoms with van der Waals surface area (Å²) in [5, 5.41) is 3.58. The number of anilines is 1. The van der Waals surface area contributed by atoms with Crippen LogP contribution in [0, 0.1) is 0 Å². The van der Waals surface area contributed by atoms with Crippen molar-refractivity contribution in [1.29, 1.82) is 0 Å². The zero-order valence-electron chi connectivity index (χ0n) is 17.2. The fraction of sp³-hybridized carbons (Fsp3) is 0.304. The molecule has 1 aliphatic heterocycles. The van der Waals surface area contributed by atoms with Gasteiger partial charge < -0.3 is 10.2 Å². The Kier molecular flexibility index (Phi) is 7.96. The molecule has 0 saturated heterocycles. The number of nitrogens with one attached hydrogen (secondary N) is 1. The van der Waals surface area contributed by atoms with E-state index in [1.807, 2.05) is 42.5 Å². The highest BCUT2D eigenvalue weighted by Gasteiger charge is 2.30. The fourth-order valence-electron chi connectivity index (χ4n) is 3.22. The molecule has 30 heavy (non-hydrogen) atoms. The lowest BCUT2D eigenvalue weighted by Crippen LogP contribution is -2.44. The van der Waals surface area contributed by atoms with E-state index in [1.54, 1.807) is 17.0 Å². The Morgan fingerprint density at radius 1 is 1.13 bits per heavy atom. The van der Waals surface area contributed by atoms with Crippen LogP contribution in [0.1, 0.15) is 19.4 Å². The van der Waals surface area contributed by atoms with Crippen LogP contribution in [-0.4, -0.2) is 49.4 Å². The maximum absolute atomic E-state index is 13.2. The van der Waals surface area contributed by atoms with Crippen LogP contribution >= 0.6 is 23.4 Å². The molecule has 1 heterocycles. The van der Waals surface area contributed by atoms with Crippen molar-refractivity contribution in [2.75, 3.05) is 37.6 Å². The minimum Gasteiger partial charge on any atom is -0.353 e. The number of carbonyl (C=O) groups excluding carboxylic acids is 2. The molecule has 0 unspecified atom stereocenters. The number of rotatable bonds is 8. The molecule has 0 bridgehead atoms. The highest BCUT2D eigenvalue weighted by molar-refractivity contribution is 8.04. The van der Waals surface area contributed by atoms with Crippen LogP contribution in [0.2, 0.25) is 5.02 Å². The zero-order chi connectivity index (χ0) is 21.5. The Balaban J connectivity index is 1.76. The lowest BCUT2D eigenvalue weighted by atomic mass is 10.2. The number of nitrogens with zero attached hydrogens (tertiary/aromatic N) is 2. The summed E-state index contributed by atoms with van der Waals surface area (Å²) in [5.74, 6) is -0.337. The summed E-state index contributed by atoms with van der Waals surface area (Å²) in [7, 11) is 0. The molecule has 0 fully saturated rings. The Hall–Kier alpha value is -2.28. The molecule has 3 rings (SSSR count). The first-order valence-corrected chi connectivity index (χ1v) is 11.3. The van der Waals surface area contributed by atoms with Gasteiger partial charge in [0.05, 0.1) is 10.6 Å². The van der Waals surface area contributed by atoms with Gasteiger partial charge in [0.1, 0.15) is 6.54 Å². The molecule has 158 valence electrons. The third kappa shape index (κ3) is 5.65. The van der Waals surface area contributed by atoms with E-state index in [-0.39, 0.29) is 18.4 Å². The molecule has 0 aliphatic carbocycles. The van der Waals surface area contributed by atoms with Crippen molar-refractivity contribution in [3.05, 3.63) is 64.0 Å². The van der Waals surface area contributed by atoms with Crippen LogP contribution < -0.4 is 10.2 Å². The van der Waals surface area contributed by atoms with Crippen LogP contribution in [0.15, 0.2) is 58.3 Å². The van der Waals surface area contributed by atoms with Crippen molar-refractivity contribution in [2.45, 2.75) is 18.7 Å². The predicted molar refractivity (Wildman–Crippen MR) is 125 cm³/mol. The molecule has 0 saturated carbocycles. The molecule has 2 aromatic rings. The number of halogens is 1. The average molecular weight is 444 g/mol. The van der Waals surface area contributed by atoms with E-state index in [4.69, 9.17) is 11.6 Å². The van der Waals surface area contributed by atoms with Crippen molar-refractivity contribution in [1.82, 2.24) is 10.2 Å². The maximum atomic E-state index is 13.2. The first-order valence-electron chi connectivity index (χ1n) is 10.1. The third-order valence-corrected chi connectivity index (χ3v) is 6.28. The lowest BCUT2D eigenvalue weighted by Gasteiger charge is -2.30. The smallest absolute Gasteiger partial charge is 0.265 e. The van der Waals surface area contributed by atoms with Gasteiger partial charge in [0.2, 0.25) is 5.91 Å². The first kappa shape index (κ1) is 22.4. The van der Waals surface area contributed by atoms with Crippen LogP contribution in [0.3, 0.4) is 0 Å². The summed E-state index contributed by atoms with van der Waals surface area (Å²) < 4.78 is 0. The summed E-state index contributed by atoms with van der Waals surface area (Å²) in [4.78, 5) is 31.1. The molecule has 2 amide bonds. The van der Waals surface area contributed by atoms with Crippen molar-refractivity contribution in [3.63, 3.8) is 0 Å². The number of thioether (sulfide) groups is 1. The van der Waals surface area contributed by atoms with Gasteiger partial charge in [-0.15, -0.1) is 0 Å².